The van der Waals surface area contributed by atoms with Gasteiger partial charge in [0.15, 0.2) is 9.84 Å². The second-order valence-corrected chi connectivity index (χ2v) is 5.80. The van der Waals surface area contributed by atoms with E-state index in [4.69, 9.17) is 0 Å². The summed E-state index contributed by atoms with van der Waals surface area (Å²) in [4.78, 5) is 11.5. The van der Waals surface area contributed by atoms with E-state index in [1.54, 1.807) is 6.92 Å². The van der Waals surface area contributed by atoms with Crippen molar-refractivity contribution < 1.29 is 13.2 Å². The van der Waals surface area contributed by atoms with Gasteiger partial charge in [-0.2, -0.15) is 0 Å². The molecule has 1 saturated heterocycles. The van der Waals surface area contributed by atoms with Gasteiger partial charge in [-0.15, -0.1) is 11.8 Å². The van der Waals surface area contributed by atoms with Crippen molar-refractivity contribution in [1.82, 2.24) is 5.32 Å². The molecule has 0 bridgehead atoms. The van der Waals surface area contributed by atoms with Gasteiger partial charge in [-0.1, -0.05) is 0 Å². The number of carbonyl (C=O) groups is 1. The summed E-state index contributed by atoms with van der Waals surface area (Å²) in [6, 6.07) is 0. The summed E-state index contributed by atoms with van der Waals surface area (Å²) in [5.74, 6) is 5.18. The van der Waals surface area contributed by atoms with Crippen molar-refractivity contribution in [1.29, 1.82) is 0 Å². The number of sulfone groups is 1. The van der Waals surface area contributed by atoms with Gasteiger partial charge in [-0.05, 0) is 13.3 Å². The van der Waals surface area contributed by atoms with Crippen LogP contribution in [0, 0.1) is 17.8 Å². The Kier molecular flexibility index (Phi) is 4.15. The van der Waals surface area contributed by atoms with Crippen molar-refractivity contribution >= 4 is 15.7 Å². The van der Waals surface area contributed by atoms with E-state index < -0.39 is 9.84 Å². The minimum atomic E-state index is -2.96. The minimum Gasteiger partial charge on any atom is -0.355 e. The van der Waals surface area contributed by atoms with E-state index in [0.29, 0.717) is 19.4 Å². The molecule has 1 unspecified atom stereocenters. The minimum absolute atomic E-state index is 0.00170. The van der Waals surface area contributed by atoms with Gasteiger partial charge in [0.25, 0.3) is 0 Å². The number of amides is 1. The van der Waals surface area contributed by atoms with Crippen molar-refractivity contribution in [2.75, 3.05) is 18.1 Å². The van der Waals surface area contributed by atoms with Gasteiger partial charge in [-0.3, -0.25) is 4.79 Å². The molecule has 0 saturated carbocycles. The van der Waals surface area contributed by atoms with Crippen molar-refractivity contribution in [3.8, 4) is 11.8 Å². The van der Waals surface area contributed by atoms with Crippen molar-refractivity contribution in [3.05, 3.63) is 0 Å². The lowest BCUT2D eigenvalue weighted by atomic mass is 10.1. The highest BCUT2D eigenvalue weighted by molar-refractivity contribution is 7.91. The predicted octanol–water partition coefficient (Wildman–Crippen LogP) is -0.0493. The molecule has 0 aromatic rings. The van der Waals surface area contributed by atoms with Crippen LogP contribution in [-0.2, 0) is 14.6 Å². The van der Waals surface area contributed by atoms with Gasteiger partial charge in [0.05, 0.1) is 17.4 Å². The normalized spacial score (nSPS) is 22.9. The maximum Gasteiger partial charge on any atom is 0.224 e. The van der Waals surface area contributed by atoms with Crippen molar-refractivity contribution in [2.45, 2.75) is 19.8 Å². The molecule has 84 valence electrons. The van der Waals surface area contributed by atoms with Crippen molar-refractivity contribution in [3.63, 3.8) is 0 Å². The van der Waals surface area contributed by atoms with E-state index in [2.05, 4.69) is 17.2 Å². The van der Waals surface area contributed by atoms with Crippen LogP contribution in [0.1, 0.15) is 19.8 Å². The van der Waals surface area contributed by atoms with E-state index in [1.165, 1.54) is 0 Å². The predicted molar refractivity (Wildman–Crippen MR) is 57.8 cm³/mol. The molecular formula is C10H15NO3S. The average Bonchev–Trinajstić information content (AvgIpc) is 2.53. The third-order valence-electron chi connectivity index (χ3n) is 2.33. The van der Waals surface area contributed by atoms with Crippen LogP contribution >= 0.6 is 0 Å². The van der Waals surface area contributed by atoms with Crippen LogP contribution < -0.4 is 5.32 Å². The molecule has 1 heterocycles. The zero-order valence-corrected chi connectivity index (χ0v) is 9.56. The van der Waals surface area contributed by atoms with E-state index >= 15 is 0 Å². The highest BCUT2D eigenvalue weighted by Crippen LogP contribution is 2.18. The van der Waals surface area contributed by atoms with Crippen LogP contribution in [0.3, 0.4) is 0 Å². The first-order chi connectivity index (χ1) is 7.05. The lowest BCUT2D eigenvalue weighted by Gasteiger charge is -2.07. The van der Waals surface area contributed by atoms with E-state index in [9.17, 15) is 13.2 Å². The SMILES string of the molecule is CC#CCCNC(=O)C1CCS(=O)(=O)C1. The molecule has 0 aliphatic carbocycles. The third kappa shape index (κ3) is 3.92. The summed E-state index contributed by atoms with van der Waals surface area (Å²) >= 11 is 0. The number of nitrogens with one attached hydrogen (secondary N) is 1. The lowest BCUT2D eigenvalue weighted by Crippen LogP contribution is -2.31. The fourth-order valence-electron chi connectivity index (χ4n) is 1.52. The molecule has 0 radical (unpaired) electrons. The molecule has 4 nitrogen and oxygen atoms in total. The maximum absolute atomic E-state index is 11.5. The van der Waals surface area contributed by atoms with Gasteiger partial charge < -0.3 is 5.32 Å². The average molecular weight is 229 g/mol. The monoisotopic (exact) mass is 229 g/mol. The van der Waals surface area contributed by atoms with Crippen LogP contribution in [0.25, 0.3) is 0 Å². The number of hydrogen-bond acceptors (Lipinski definition) is 3. The molecule has 15 heavy (non-hydrogen) atoms. The highest BCUT2D eigenvalue weighted by atomic mass is 32.2. The van der Waals surface area contributed by atoms with Gasteiger partial charge in [0.2, 0.25) is 5.91 Å². The Hall–Kier alpha value is -1.02. The molecule has 1 rings (SSSR count). The molecule has 0 aromatic heterocycles. The summed E-state index contributed by atoms with van der Waals surface area (Å²) in [7, 11) is -2.96. The Morgan fingerprint density at radius 1 is 1.53 bits per heavy atom. The molecule has 0 spiro atoms. The Balaban J connectivity index is 2.32. The second kappa shape index (κ2) is 5.17. The van der Waals surface area contributed by atoms with Crippen LogP contribution in [0.5, 0.6) is 0 Å². The first-order valence-electron chi connectivity index (χ1n) is 4.93. The van der Waals surface area contributed by atoms with E-state index in [0.717, 1.165) is 0 Å². The zero-order chi connectivity index (χ0) is 11.3. The molecule has 0 aromatic carbocycles. The van der Waals surface area contributed by atoms with Gasteiger partial charge in [-0.25, -0.2) is 8.42 Å². The van der Waals surface area contributed by atoms with E-state index in [-0.39, 0.29) is 23.3 Å². The zero-order valence-electron chi connectivity index (χ0n) is 8.75. The fraction of sp³-hybridized carbons (Fsp3) is 0.700. The Labute approximate surface area is 90.4 Å². The summed E-state index contributed by atoms with van der Waals surface area (Å²) in [5, 5.41) is 2.69. The first kappa shape index (κ1) is 12.1. The largest absolute Gasteiger partial charge is 0.355 e. The summed E-state index contributed by atoms with van der Waals surface area (Å²) in [6.45, 7) is 2.24. The topological polar surface area (TPSA) is 63.2 Å². The molecular weight excluding hydrogens is 214 g/mol. The van der Waals surface area contributed by atoms with Crippen LogP contribution in [0.15, 0.2) is 0 Å². The molecule has 1 atom stereocenters. The lowest BCUT2D eigenvalue weighted by molar-refractivity contribution is -0.124. The van der Waals surface area contributed by atoms with Crippen molar-refractivity contribution in [2.24, 2.45) is 5.92 Å². The van der Waals surface area contributed by atoms with Gasteiger partial charge in [0.1, 0.15) is 0 Å². The van der Waals surface area contributed by atoms with Gasteiger partial charge >= 0.3 is 0 Å². The molecule has 1 N–H and O–H groups in total. The smallest absolute Gasteiger partial charge is 0.224 e. The molecule has 1 fully saturated rings. The first-order valence-corrected chi connectivity index (χ1v) is 6.75. The summed E-state index contributed by atoms with van der Waals surface area (Å²) < 4.78 is 22.2. The Morgan fingerprint density at radius 3 is 2.80 bits per heavy atom. The number of rotatable bonds is 3. The number of hydrogen-bond donors (Lipinski definition) is 1. The third-order valence-corrected chi connectivity index (χ3v) is 4.10. The summed E-state index contributed by atoms with van der Waals surface area (Å²) in [6.07, 6.45) is 1.06. The van der Waals surface area contributed by atoms with Crippen LogP contribution in [-0.4, -0.2) is 32.4 Å². The quantitative estimate of drug-likeness (QED) is 0.545. The van der Waals surface area contributed by atoms with E-state index in [1.807, 2.05) is 0 Å². The van der Waals surface area contributed by atoms with Crippen LogP contribution in [0.4, 0.5) is 0 Å². The van der Waals surface area contributed by atoms with Crippen LogP contribution in [0.2, 0.25) is 0 Å². The molecule has 5 heteroatoms. The Morgan fingerprint density at radius 2 is 2.27 bits per heavy atom. The molecule has 1 aliphatic heterocycles. The number of carbonyl (C=O) groups excluding carboxylic acids is 1. The Bertz CT molecular complexity index is 389. The molecule has 1 amide bonds. The van der Waals surface area contributed by atoms with Gasteiger partial charge in [0, 0.05) is 13.0 Å². The summed E-state index contributed by atoms with van der Waals surface area (Å²) in [5.41, 5.74) is 0. The second-order valence-electron chi connectivity index (χ2n) is 3.57. The highest BCUT2D eigenvalue weighted by Gasteiger charge is 2.32. The molecule has 1 aliphatic rings. The standard InChI is InChI=1S/C10H15NO3S/c1-2-3-4-6-11-10(12)9-5-7-15(13,14)8-9/h9H,4-8H2,1H3,(H,11,12). The fourth-order valence-corrected chi connectivity index (χ4v) is 3.26. The maximum atomic E-state index is 11.5.